The van der Waals surface area contributed by atoms with Crippen LogP contribution in [0.2, 0.25) is 0 Å². The SMILES string of the molecule is C[C@@H](C(=O)N=C(N)/C=C\C(=N)OCC1CC1)C1CCC(F)(F)CC1. The van der Waals surface area contributed by atoms with Gasteiger partial charge in [0, 0.05) is 24.8 Å². The Morgan fingerprint density at radius 3 is 2.54 bits per heavy atom. The van der Waals surface area contributed by atoms with Crippen molar-refractivity contribution in [3.05, 3.63) is 12.2 Å². The summed E-state index contributed by atoms with van der Waals surface area (Å²) < 4.78 is 31.6. The fourth-order valence-electron chi connectivity index (χ4n) is 2.73. The van der Waals surface area contributed by atoms with Crippen molar-refractivity contribution in [3.8, 4) is 0 Å². The van der Waals surface area contributed by atoms with Crippen molar-refractivity contribution in [2.75, 3.05) is 6.61 Å². The highest BCUT2D eigenvalue weighted by Crippen LogP contribution is 2.39. The zero-order valence-corrected chi connectivity index (χ0v) is 13.9. The molecule has 5 nitrogen and oxygen atoms in total. The van der Waals surface area contributed by atoms with Crippen molar-refractivity contribution in [2.45, 2.75) is 51.4 Å². The molecule has 0 heterocycles. The van der Waals surface area contributed by atoms with Crippen LogP contribution >= 0.6 is 0 Å². The molecule has 0 radical (unpaired) electrons. The number of carbonyl (C=O) groups is 1. The number of amidine groups is 1. The normalized spacial score (nSPS) is 23.2. The van der Waals surface area contributed by atoms with Gasteiger partial charge in [0.15, 0.2) is 0 Å². The Morgan fingerprint density at radius 2 is 1.96 bits per heavy atom. The molecular weight excluding hydrogens is 316 g/mol. The fourth-order valence-corrected chi connectivity index (χ4v) is 2.73. The van der Waals surface area contributed by atoms with Gasteiger partial charge in [-0.2, -0.15) is 4.99 Å². The Balaban J connectivity index is 1.79. The summed E-state index contributed by atoms with van der Waals surface area (Å²) >= 11 is 0. The number of amides is 1. The van der Waals surface area contributed by atoms with Gasteiger partial charge < -0.3 is 10.5 Å². The van der Waals surface area contributed by atoms with Gasteiger partial charge in [0.05, 0.1) is 6.61 Å². The molecule has 0 unspecified atom stereocenters. The van der Waals surface area contributed by atoms with Crippen LogP contribution in [0.1, 0.15) is 45.4 Å². The van der Waals surface area contributed by atoms with E-state index in [1.165, 1.54) is 12.2 Å². The molecule has 2 aliphatic rings. The standard InChI is InChI=1S/C17H25F2N3O2/c1-11(13-6-8-17(18,19)9-7-13)16(23)22-14(20)4-5-15(21)24-10-12-2-3-12/h4-5,11-13,21H,2-3,6-10H2,1H3,(H2,20,22,23)/b5-4-,21-15?/t11-/m1/s1. The van der Waals surface area contributed by atoms with E-state index in [9.17, 15) is 13.6 Å². The number of ether oxygens (including phenoxy) is 1. The highest BCUT2D eigenvalue weighted by atomic mass is 19.3. The summed E-state index contributed by atoms with van der Waals surface area (Å²) in [5, 5.41) is 7.59. The predicted molar refractivity (Wildman–Crippen MR) is 88.2 cm³/mol. The van der Waals surface area contributed by atoms with E-state index in [1.54, 1.807) is 6.92 Å². The van der Waals surface area contributed by atoms with E-state index >= 15 is 0 Å². The monoisotopic (exact) mass is 341 g/mol. The zero-order valence-electron chi connectivity index (χ0n) is 13.9. The lowest BCUT2D eigenvalue weighted by Crippen LogP contribution is -2.30. The second kappa shape index (κ2) is 7.85. The zero-order chi connectivity index (χ0) is 17.7. The molecule has 0 aromatic heterocycles. The maximum atomic E-state index is 13.2. The molecule has 2 aliphatic carbocycles. The van der Waals surface area contributed by atoms with Crippen LogP contribution in [0.15, 0.2) is 17.1 Å². The number of carbonyl (C=O) groups excluding carboxylic acids is 1. The third-order valence-corrected chi connectivity index (χ3v) is 4.67. The highest BCUT2D eigenvalue weighted by molar-refractivity contribution is 6.03. The van der Waals surface area contributed by atoms with E-state index < -0.39 is 17.7 Å². The molecule has 2 saturated carbocycles. The third-order valence-electron chi connectivity index (χ3n) is 4.67. The van der Waals surface area contributed by atoms with E-state index in [4.69, 9.17) is 15.9 Å². The van der Waals surface area contributed by atoms with Gasteiger partial charge in [0.1, 0.15) is 5.84 Å². The molecule has 134 valence electrons. The summed E-state index contributed by atoms with van der Waals surface area (Å²) in [6, 6.07) is 0. The van der Waals surface area contributed by atoms with Crippen molar-refractivity contribution in [3.63, 3.8) is 0 Å². The molecule has 0 spiro atoms. The van der Waals surface area contributed by atoms with E-state index in [0.717, 1.165) is 12.8 Å². The molecule has 0 saturated heterocycles. The molecule has 2 fully saturated rings. The van der Waals surface area contributed by atoms with Crippen molar-refractivity contribution in [1.29, 1.82) is 5.41 Å². The van der Waals surface area contributed by atoms with Gasteiger partial charge in [0.2, 0.25) is 11.8 Å². The van der Waals surface area contributed by atoms with E-state index in [-0.39, 0.29) is 30.5 Å². The Labute approximate surface area is 140 Å². The number of nitrogens with zero attached hydrogens (tertiary/aromatic N) is 1. The quantitative estimate of drug-likeness (QED) is 0.574. The summed E-state index contributed by atoms with van der Waals surface area (Å²) in [7, 11) is 0. The van der Waals surface area contributed by atoms with Crippen LogP contribution in [0, 0.1) is 23.2 Å². The fraction of sp³-hybridized carbons (Fsp3) is 0.706. The lowest BCUT2D eigenvalue weighted by molar-refractivity contribution is -0.124. The number of hydrogen-bond acceptors (Lipinski definition) is 3. The largest absolute Gasteiger partial charge is 0.478 e. The van der Waals surface area contributed by atoms with Gasteiger partial charge >= 0.3 is 0 Å². The molecule has 1 amide bonds. The van der Waals surface area contributed by atoms with Crippen LogP contribution in [-0.2, 0) is 9.53 Å². The Morgan fingerprint density at radius 1 is 1.33 bits per heavy atom. The van der Waals surface area contributed by atoms with E-state index in [0.29, 0.717) is 25.4 Å². The van der Waals surface area contributed by atoms with Crippen molar-refractivity contribution in [1.82, 2.24) is 0 Å². The molecule has 0 aromatic rings. The van der Waals surface area contributed by atoms with Gasteiger partial charge in [-0.25, -0.2) is 8.78 Å². The van der Waals surface area contributed by atoms with E-state index in [1.807, 2.05) is 0 Å². The molecule has 24 heavy (non-hydrogen) atoms. The highest BCUT2D eigenvalue weighted by Gasteiger charge is 2.38. The Kier molecular flexibility index (Phi) is 6.07. The van der Waals surface area contributed by atoms with Crippen LogP contribution in [0.25, 0.3) is 0 Å². The maximum Gasteiger partial charge on any atom is 0.250 e. The van der Waals surface area contributed by atoms with Crippen LogP contribution in [0.4, 0.5) is 8.78 Å². The first-order valence-electron chi connectivity index (χ1n) is 8.42. The molecule has 0 bridgehead atoms. The van der Waals surface area contributed by atoms with Gasteiger partial charge in [-0.3, -0.25) is 10.2 Å². The molecule has 7 heteroatoms. The number of nitrogens with one attached hydrogen (secondary N) is 1. The number of rotatable bonds is 6. The van der Waals surface area contributed by atoms with Crippen molar-refractivity contribution >= 4 is 17.6 Å². The molecule has 1 atom stereocenters. The van der Waals surface area contributed by atoms with Crippen LogP contribution in [0.3, 0.4) is 0 Å². The number of aliphatic imine (C=N–C) groups is 1. The molecule has 2 rings (SSSR count). The van der Waals surface area contributed by atoms with Crippen LogP contribution < -0.4 is 5.73 Å². The predicted octanol–water partition coefficient (Wildman–Crippen LogP) is 3.29. The minimum absolute atomic E-state index is 0.00670. The molecule has 0 aliphatic heterocycles. The topological polar surface area (TPSA) is 88.5 Å². The Hall–Kier alpha value is -1.79. The summed E-state index contributed by atoms with van der Waals surface area (Å²) in [5.74, 6) is -3.00. The molecule has 0 aromatic carbocycles. The molecular formula is C17H25F2N3O2. The van der Waals surface area contributed by atoms with Crippen molar-refractivity contribution < 1.29 is 18.3 Å². The first-order chi connectivity index (χ1) is 11.3. The molecule has 3 N–H and O–H groups in total. The van der Waals surface area contributed by atoms with Crippen LogP contribution in [0.5, 0.6) is 0 Å². The van der Waals surface area contributed by atoms with Crippen molar-refractivity contribution in [2.24, 2.45) is 28.5 Å². The summed E-state index contributed by atoms with van der Waals surface area (Å²) in [6.45, 7) is 2.24. The van der Waals surface area contributed by atoms with Gasteiger partial charge in [-0.15, -0.1) is 0 Å². The average molecular weight is 341 g/mol. The van der Waals surface area contributed by atoms with Gasteiger partial charge in [-0.05, 0) is 43.6 Å². The lowest BCUT2D eigenvalue weighted by atomic mass is 9.79. The van der Waals surface area contributed by atoms with Gasteiger partial charge in [-0.1, -0.05) is 6.92 Å². The second-order valence-electron chi connectivity index (χ2n) is 6.81. The summed E-state index contributed by atoms with van der Waals surface area (Å²) in [6.07, 6.45) is 5.29. The average Bonchev–Trinajstić information content (AvgIpc) is 3.34. The summed E-state index contributed by atoms with van der Waals surface area (Å²) in [5.41, 5.74) is 5.67. The number of halogens is 2. The maximum absolute atomic E-state index is 13.2. The Bertz CT molecular complexity index is 532. The lowest BCUT2D eigenvalue weighted by Gasteiger charge is -2.30. The number of hydrogen-bond donors (Lipinski definition) is 2. The third kappa shape index (κ3) is 6.02. The van der Waals surface area contributed by atoms with Crippen LogP contribution in [-0.4, -0.2) is 30.2 Å². The minimum Gasteiger partial charge on any atom is -0.478 e. The number of nitrogens with two attached hydrogens (primary N) is 1. The van der Waals surface area contributed by atoms with E-state index in [2.05, 4.69) is 4.99 Å². The minimum atomic E-state index is -2.61. The first-order valence-corrected chi connectivity index (χ1v) is 8.42. The van der Waals surface area contributed by atoms with Gasteiger partial charge in [0.25, 0.3) is 5.91 Å². The number of alkyl halides is 2. The second-order valence-corrected chi connectivity index (χ2v) is 6.81. The summed E-state index contributed by atoms with van der Waals surface area (Å²) in [4.78, 5) is 15.9. The first kappa shape index (κ1) is 18.5. The smallest absolute Gasteiger partial charge is 0.250 e.